The summed E-state index contributed by atoms with van der Waals surface area (Å²) in [5, 5.41) is 3.41. The van der Waals surface area contributed by atoms with Gasteiger partial charge in [-0.15, -0.1) is 0 Å². The molecule has 108 valence electrons. The van der Waals surface area contributed by atoms with Gasteiger partial charge < -0.3 is 20.7 Å². The molecule has 2 fully saturated rings. The predicted molar refractivity (Wildman–Crippen MR) is 77.8 cm³/mol. The van der Waals surface area contributed by atoms with Gasteiger partial charge in [-0.2, -0.15) is 0 Å². The molecule has 3 N–H and O–H groups in total. The number of ether oxygens (including phenoxy) is 1. The fourth-order valence-electron chi connectivity index (χ4n) is 3.28. The minimum atomic E-state index is 0.0760. The smallest absolute Gasteiger partial charge is 0.254 e. The summed E-state index contributed by atoms with van der Waals surface area (Å²) in [5.41, 5.74) is 7.30. The molecule has 0 saturated carbocycles. The van der Waals surface area contributed by atoms with Gasteiger partial charge in [-0.3, -0.25) is 4.79 Å². The lowest BCUT2D eigenvalue weighted by atomic mass is 9.86. The Morgan fingerprint density at radius 1 is 1.45 bits per heavy atom. The molecule has 0 radical (unpaired) electrons. The van der Waals surface area contributed by atoms with E-state index in [2.05, 4.69) is 5.32 Å². The quantitative estimate of drug-likeness (QED) is 0.793. The first-order valence-electron chi connectivity index (χ1n) is 7.07. The van der Waals surface area contributed by atoms with E-state index in [0.717, 1.165) is 32.6 Å². The van der Waals surface area contributed by atoms with Gasteiger partial charge in [0.2, 0.25) is 0 Å². The zero-order valence-corrected chi connectivity index (χ0v) is 11.8. The molecular formula is C15H21N3O2. The van der Waals surface area contributed by atoms with Gasteiger partial charge in [0.05, 0.1) is 12.8 Å². The van der Waals surface area contributed by atoms with Crippen molar-refractivity contribution in [1.82, 2.24) is 10.2 Å². The molecular weight excluding hydrogens is 254 g/mol. The van der Waals surface area contributed by atoms with Crippen molar-refractivity contribution >= 4 is 11.6 Å². The van der Waals surface area contributed by atoms with Crippen LogP contribution in [-0.2, 0) is 0 Å². The number of likely N-dealkylation sites (tertiary alicyclic amines) is 1. The summed E-state index contributed by atoms with van der Waals surface area (Å²) in [4.78, 5) is 14.5. The normalized spacial score (nSPS) is 25.4. The first-order valence-corrected chi connectivity index (χ1v) is 7.07. The number of amides is 1. The highest BCUT2D eigenvalue weighted by Crippen LogP contribution is 2.36. The van der Waals surface area contributed by atoms with Crippen molar-refractivity contribution in [1.29, 1.82) is 0 Å². The monoisotopic (exact) mass is 275 g/mol. The van der Waals surface area contributed by atoms with Gasteiger partial charge in [0, 0.05) is 30.6 Å². The summed E-state index contributed by atoms with van der Waals surface area (Å²) in [7, 11) is 1.56. The van der Waals surface area contributed by atoms with Crippen LogP contribution < -0.4 is 15.8 Å². The molecule has 1 aromatic rings. The maximum atomic E-state index is 12.6. The Kier molecular flexibility index (Phi) is 3.30. The van der Waals surface area contributed by atoms with Crippen LogP contribution in [0, 0.1) is 5.41 Å². The second kappa shape index (κ2) is 4.98. The summed E-state index contributed by atoms with van der Waals surface area (Å²) in [6, 6.07) is 5.24. The van der Waals surface area contributed by atoms with Crippen LogP contribution in [0.4, 0.5) is 5.69 Å². The maximum Gasteiger partial charge on any atom is 0.254 e. The van der Waals surface area contributed by atoms with Crippen molar-refractivity contribution in [2.24, 2.45) is 5.41 Å². The van der Waals surface area contributed by atoms with Crippen molar-refractivity contribution in [3.05, 3.63) is 23.8 Å². The Balaban J connectivity index is 1.76. The van der Waals surface area contributed by atoms with Crippen LogP contribution in [0.1, 0.15) is 23.2 Å². The highest BCUT2D eigenvalue weighted by Gasteiger charge is 2.41. The number of nitrogens with two attached hydrogens (primary N) is 1. The van der Waals surface area contributed by atoms with Crippen molar-refractivity contribution < 1.29 is 9.53 Å². The summed E-state index contributed by atoms with van der Waals surface area (Å²) in [6.07, 6.45) is 2.26. The molecule has 0 aromatic heterocycles. The fraction of sp³-hybridized carbons (Fsp3) is 0.533. The molecule has 1 atom stereocenters. The van der Waals surface area contributed by atoms with E-state index in [9.17, 15) is 4.79 Å². The van der Waals surface area contributed by atoms with Gasteiger partial charge in [0.1, 0.15) is 5.75 Å². The van der Waals surface area contributed by atoms with Crippen LogP contribution in [-0.4, -0.2) is 44.1 Å². The molecule has 2 aliphatic heterocycles. The zero-order chi connectivity index (χ0) is 14.2. The first-order chi connectivity index (χ1) is 9.63. The molecule has 20 heavy (non-hydrogen) atoms. The third-order valence-electron chi connectivity index (χ3n) is 4.54. The Morgan fingerprint density at radius 3 is 3.00 bits per heavy atom. The summed E-state index contributed by atoms with van der Waals surface area (Å²) < 4.78 is 5.19. The second-order valence-electron chi connectivity index (χ2n) is 5.86. The average Bonchev–Trinajstić information content (AvgIpc) is 3.09. The van der Waals surface area contributed by atoms with E-state index in [1.807, 2.05) is 4.90 Å². The second-order valence-corrected chi connectivity index (χ2v) is 5.86. The van der Waals surface area contributed by atoms with Gasteiger partial charge in [0.25, 0.3) is 5.91 Å². The standard InChI is InChI=1S/C15H21N3O2/c1-20-13-8-11(2-3-12(13)16)14(19)18-7-5-15(10-18)4-6-17-9-15/h2-3,8,17H,4-7,9-10,16H2,1H3. The average molecular weight is 275 g/mol. The molecule has 1 amide bonds. The van der Waals surface area contributed by atoms with Crippen LogP contribution in [0.25, 0.3) is 0 Å². The highest BCUT2D eigenvalue weighted by atomic mass is 16.5. The summed E-state index contributed by atoms with van der Waals surface area (Å²) in [6.45, 7) is 3.79. The third kappa shape index (κ3) is 2.22. The molecule has 5 heteroatoms. The van der Waals surface area contributed by atoms with Crippen molar-refractivity contribution in [2.45, 2.75) is 12.8 Å². The van der Waals surface area contributed by atoms with Gasteiger partial charge in [-0.1, -0.05) is 0 Å². The number of nitrogens with one attached hydrogen (secondary N) is 1. The predicted octanol–water partition coefficient (Wildman–Crippen LogP) is 1.10. The van der Waals surface area contributed by atoms with Crippen molar-refractivity contribution in [3.63, 3.8) is 0 Å². The van der Waals surface area contributed by atoms with Gasteiger partial charge in [0.15, 0.2) is 0 Å². The lowest BCUT2D eigenvalue weighted by Gasteiger charge is -2.23. The minimum Gasteiger partial charge on any atom is -0.495 e. The van der Waals surface area contributed by atoms with E-state index in [1.54, 1.807) is 25.3 Å². The number of anilines is 1. The van der Waals surface area contributed by atoms with Gasteiger partial charge in [-0.05, 0) is 37.6 Å². The van der Waals surface area contributed by atoms with Crippen LogP contribution in [0.3, 0.4) is 0 Å². The number of hydrogen-bond acceptors (Lipinski definition) is 4. The van der Waals surface area contributed by atoms with Crippen LogP contribution in [0.15, 0.2) is 18.2 Å². The number of benzene rings is 1. The molecule has 2 aliphatic rings. The molecule has 1 unspecified atom stereocenters. The lowest BCUT2D eigenvalue weighted by Crippen LogP contribution is -2.33. The number of nitrogen functional groups attached to an aromatic ring is 1. The van der Waals surface area contributed by atoms with Crippen molar-refractivity contribution in [3.8, 4) is 5.75 Å². The number of nitrogens with zero attached hydrogens (tertiary/aromatic N) is 1. The summed E-state index contributed by atoms with van der Waals surface area (Å²) >= 11 is 0. The molecule has 3 rings (SSSR count). The SMILES string of the molecule is COc1cc(C(=O)N2CCC3(CCNC3)C2)ccc1N. The molecule has 1 spiro atoms. The van der Waals surface area contributed by atoms with Crippen LogP contribution in [0.5, 0.6) is 5.75 Å². The number of methoxy groups -OCH3 is 1. The summed E-state index contributed by atoms with van der Waals surface area (Å²) in [5.74, 6) is 0.638. The van der Waals surface area contributed by atoms with E-state index in [-0.39, 0.29) is 5.91 Å². The molecule has 5 nitrogen and oxygen atoms in total. The zero-order valence-electron chi connectivity index (χ0n) is 11.8. The number of hydrogen-bond donors (Lipinski definition) is 2. The van der Waals surface area contributed by atoms with E-state index in [1.165, 1.54) is 6.42 Å². The number of carbonyl (C=O) groups is 1. The van der Waals surface area contributed by atoms with Gasteiger partial charge in [-0.25, -0.2) is 0 Å². The van der Waals surface area contributed by atoms with Crippen LogP contribution in [0.2, 0.25) is 0 Å². The molecule has 2 saturated heterocycles. The first kappa shape index (κ1) is 13.2. The molecule has 1 aromatic carbocycles. The Labute approximate surface area is 119 Å². The number of carbonyl (C=O) groups excluding carboxylic acids is 1. The Bertz CT molecular complexity index is 524. The topological polar surface area (TPSA) is 67.6 Å². The Hall–Kier alpha value is -1.75. The van der Waals surface area contributed by atoms with Crippen LogP contribution >= 0.6 is 0 Å². The Morgan fingerprint density at radius 2 is 2.30 bits per heavy atom. The van der Waals surface area contributed by atoms with E-state index < -0.39 is 0 Å². The van der Waals surface area contributed by atoms with E-state index >= 15 is 0 Å². The third-order valence-corrected chi connectivity index (χ3v) is 4.54. The maximum absolute atomic E-state index is 12.6. The van der Waals surface area contributed by atoms with Crippen molar-refractivity contribution in [2.75, 3.05) is 39.0 Å². The molecule has 0 bridgehead atoms. The van der Waals surface area contributed by atoms with E-state index in [4.69, 9.17) is 10.5 Å². The van der Waals surface area contributed by atoms with Gasteiger partial charge >= 0.3 is 0 Å². The van der Waals surface area contributed by atoms with E-state index in [0.29, 0.717) is 22.4 Å². The molecule has 2 heterocycles. The minimum absolute atomic E-state index is 0.0760. The number of rotatable bonds is 2. The fourth-order valence-corrected chi connectivity index (χ4v) is 3.28. The largest absolute Gasteiger partial charge is 0.495 e. The molecule has 0 aliphatic carbocycles. The highest BCUT2D eigenvalue weighted by molar-refractivity contribution is 5.95. The lowest BCUT2D eigenvalue weighted by molar-refractivity contribution is 0.0775.